The molecule has 1 rings (SSSR count). The van der Waals surface area contributed by atoms with Crippen LogP contribution in [0.4, 0.5) is 0 Å². The van der Waals surface area contributed by atoms with E-state index >= 15 is 0 Å². The van der Waals surface area contributed by atoms with Gasteiger partial charge in [-0.25, -0.2) is 0 Å². The lowest BCUT2D eigenvalue weighted by Crippen LogP contribution is -2.37. The Morgan fingerprint density at radius 3 is 2.87 bits per heavy atom. The van der Waals surface area contributed by atoms with E-state index in [1.54, 1.807) is 0 Å². The van der Waals surface area contributed by atoms with Gasteiger partial charge in [-0.05, 0) is 37.2 Å². The molecule has 1 aliphatic carbocycles. The van der Waals surface area contributed by atoms with Crippen LogP contribution in [-0.2, 0) is 4.79 Å². The normalized spacial score (nSPS) is 21.4. The topological polar surface area (TPSA) is 43.1 Å². The summed E-state index contributed by atoms with van der Waals surface area (Å²) >= 11 is 0. The summed E-state index contributed by atoms with van der Waals surface area (Å²) in [6.45, 7) is 4.14. The molecule has 0 radical (unpaired) electrons. The summed E-state index contributed by atoms with van der Waals surface area (Å²) < 4.78 is 0. The van der Waals surface area contributed by atoms with Crippen molar-refractivity contribution in [3.8, 4) is 0 Å². The first-order valence-corrected chi connectivity index (χ1v) is 6.15. The highest BCUT2D eigenvalue weighted by Gasteiger charge is 2.22. The van der Waals surface area contributed by atoms with Gasteiger partial charge < -0.3 is 5.73 Å². The number of ketones is 1. The highest BCUT2D eigenvalue weighted by Crippen LogP contribution is 2.20. The maximum Gasteiger partial charge on any atom is 0.175 e. The summed E-state index contributed by atoms with van der Waals surface area (Å²) in [6.07, 6.45) is 8.67. The van der Waals surface area contributed by atoms with E-state index in [0.29, 0.717) is 5.92 Å². The molecule has 0 aromatic carbocycles. The van der Waals surface area contributed by atoms with Gasteiger partial charge in [0.1, 0.15) is 0 Å². The van der Waals surface area contributed by atoms with E-state index in [9.17, 15) is 4.79 Å². The lowest BCUT2D eigenvalue weighted by molar-refractivity contribution is -0.117. The molecule has 86 valence electrons. The van der Waals surface area contributed by atoms with Crippen molar-refractivity contribution in [2.45, 2.75) is 58.4 Å². The SMILES string of the molecule is CCC(C)C(N)C(=O)C1=CCCCCC1. The van der Waals surface area contributed by atoms with Crippen LogP contribution >= 0.6 is 0 Å². The van der Waals surface area contributed by atoms with Crippen LogP contribution in [0, 0.1) is 5.92 Å². The van der Waals surface area contributed by atoms with Crippen molar-refractivity contribution >= 4 is 5.78 Å². The molecule has 0 aromatic rings. The molecule has 2 unspecified atom stereocenters. The molecular formula is C13H23NO. The van der Waals surface area contributed by atoms with Crippen molar-refractivity contribution < 1.29 is 4.79 Å². The number of nitrogens with two attached hydrogens (primary N) is 1. The largest absolute Gasteiger partial charge is 0.321 e. The van der Waals surface area contributed by atoms with Crippen molar-refractivity contribution in [2.75, 3.05) is 0 Å². The van der Waals surface area contributed by atoms with Crippen LogP contribution in [0.3, 0.4) is 0 Å². The number of carbonyl (C=O) groups is 1. The molecule has 0 aromatic heterocycles. The van der Waals surface area contributed by atoms with Crippen LogP contribution in [0.2, 0.25) is 0 Å². The molecule has 2 N–H and O–H groups in total. The van der Waals surface area contributed by atoms with Crippen molar-refractivity contribution in [3.63, 3.8) is 0 Å². The Balaban J connectivity index is 2.61. The summed E-state index contributed by atoms with van der Waals surface area (Å²) in [5.74, 6) is 0.480. The second-order valence-corrected chi connectivity index (χ2v) is 4.60. The lowest BCUT2D eigenvalue weighted by Gasteiger charge is -2.18. The lowest BCUT2D eigenvalue weighted by atomic mass is 9.91. The molecule has 2 nitrogen and oxygen atoms in total. The molecule has 2 atom stereocenters. The zero-order valence-electron chi connectivity index (χ0n) is 9.96. The minimum Gasteiger partial charge on any atom is -0.321 e. The van der Waals surface area contributed by atoms with Gasteiger partial charge in [-0.3, -0.25) is 4.79 Å². The predicted molar refractivity (Wildman–Crippen MR) is 63.6 cm³/mol. The molecule has 0 aliphatic heterocycles. The monoisotopic (exact) mass is 209 g/mol. The number of hydrogen-bond acceptors (Lipinski definition) is 2. The zero-order valence-corrected chi connectivity index (χ0v) is 9.96. The van der Waals surface area contributed by atoms with Crippen LogP contribution in [-0.4, -0.2) is 11.8 Å². The van der Waals surface area contributed by atoms with E-state index in [1.807, 2.05) is 0 Å². The van der Waals surface area contributed by atoms with Crippen LogP contribution < -0.4 is 5.73 Å². The van der Waals surface area contributed by atoms with Crippen molar-refractivity contribution in [2.24, 2.45) is 11.7 Å². The standard InChI is InChI=1S/C13H23NO/c1-3-10(2)12(14)13(15)11-8-6-4-5-7-9-11/h8,10,12H,3-7,9,14H2,1-2H3. The third-order valence-corrected chi connectivity index (χ3v) is 3.42. The summed E-state index contributed by atoms with van der Waals surface area (Å²) in [5, 5.41) is 0. The summed E-state index contributed by atoms with van der Waals surface area (Å²) in [7, 11) is 0. The van der Waals surface area contributed by atoms with Gasteiger partial charge in [0, 0.05) is 0 Å². The van der Waals surface area contributed by atoms with E-state index in [1.165, 1.54) is 12.8 Å². The summed E-state index contributed by atoms with van der Waals surface area (Å²) in [5.41, 5.74) is 6.95. The summed E-state index contributed by atoms with van der Waals surface area (Å²) in [6, 6.07) is -0.292. The zero-order chi connectivity index (χ0) is 11.3. The Labute approximate surface area is 92.9 Å². The van der Waals surface area contributed by atoms with E-state index in [2.05, 4.69) is 19.9 Å². The molecule has 0 saturated carbocycles. The molecule has 0 bridgehead atoms. The van der Waals surface area contributed by atoms with Gasteiger partial charge in [0.15, 0.2) is 5.78 Å². The van der Waals surface area contributed by atoms with Gasteiger partial charge in [-0.1, -0.05) is 32.8 Å². The highest BCUT2D eigenvalue weighted by molar-refractivity contribution is 5.99. The van der Waals surface area contributed by atoms with Gasteiger partial charge >= 0.3 is 0 Å². The fourth-order valence-electron chi connectivity index (χ4n) is 1.97. The Bertz CT molecular complexity index is 245. The number of rotatable bonds is 4. The van der Waals surface area contributed by atoms with E-state index in [0.717, 1.165) is 31.3 Å². The van der Waals surface area contributed by atoms with E-state index in [-0.39, 0.29) is 11.8 Å². The third kappa shape index (κ3) is 3.45. The summed E-state index contributed by atoms with van der Waals surface area (Å²) in [4.78, 5) is 12.1. The minimum atomic E-state index is -0.292. The molecule has 0 spiro atoms. The van der Waals surface area contributed by atoms with Gasteiger partial charge in [-0.15, -0.1) is 0 Å². The molecule has 0 heterocycles. The van der Waals surface area contributed by atoms with Gasteiger partial charge in [0.25, 0.3) is 0 Å². The van der Waals surface area contributed by atoms with Crippen molar-refractivity contribution in [1.29, 1.82) is 0 Å². The fourth-order valence-corrected chi connectivity index (χ4v) is 1.97. The molecule has 2 heteroatoms. The molecule has 0 fully saturated rings. The first kappa shape index (κ1) is 12.4. The van der Waals surface area contributed by atoms with Crippen molar-refractivity contribution in [3.05, 3.63) is 11.6 Å². The minimum absolute atomic E-state index is 0.186. The van der Waals surface area contributed by atoms with Crippen LogP contribution in [0.15, 0.2) is 11.6 Å². The second-order valence-electron chi connectivity index (χ2n) is 4.60. The molecule has 15 heavy (non-hydrogen) atoms. The fraction of sp³-hybridized carbons (Fsp3) is 0.769. The predicted octanol–water partition coefficient (Wildman–Crippen LogP) is 2.82. The molecule has 1 aliphatic rings. The van der Waals surface area contributed by atoms with Crippen LogP contribution in [0.25, 0.3) is 0 Å². The highest BCUT2D eigenvalue weighted by atomic mass is 16.1. The number of hydrogen-bond donors (Lipinski definition) is 1. The molecular weight excluding hydrogens is 186 g/mol. The van der Waals surface area contributed by atoms with E-state index in [4.69, 9.17) is 5.73 Å². The van der Waals surface area contributed by atoms with Crippen LogP contribution in [0.5, 0.6) is 0 Å². The number of allylic oxidation sites excluding steroid dienone is 1. The first-order valence-electron chi connectivity index (χ1n) is 6.15. The Morgan fingerprint density at radius 1 is 1.47 bits per heavy atom. The Kier molecular flexibility index (Phi) is 5.03. The average Bonchev–Trinajstić information content (AvgIpc) is 2.54. The van der Waals surface area contributed by atoms with Gasteiger partial charge in [0.05, 0.1) is 6.04 Å². The molecule has 0 saturated heterocycles. The van der Waals surface area contributed by atoms with Gasteiger partial charge in [-0.2, -0.15) is 0 Å². The first-order chi connectivity index (χ1) is 7.16. The Morgan fingerprint density at radius 2 is 2.20 bits per heavy atom. The van der Waals surface area contributed by atoms with Crippen molar-refractivity contribution in [1.82, 2.24) is 0 Å². The third-order valence-electron chi connectivity index (χ3n) is 3.42. The number of Topliss-reactive ketones (excluding diaryl/α,β-unsaturated/α-hetero) is 1. The maximum absolute atomic E-state index is 12.1. The van der Waals surface area contributed by atoms with Crippen LogP contribution in [0.1, 0.15) is 52.4 Å². The van der Waals surface area contributed by atoms with Gasteiger partial charge in [0.2, 0.25) is 0 Å². The number of carbonyl (C=O) groups excluding carboxylic acids is 1. The second kappa shape index (κ2) is 6.06. The molecule has 0 amide bonds. The van der Waals surface area contributed by atoms with E-state index < -0.39 is 0 Å². The Hall–Kier alpha value is -0.630. The smallest absolute Gasteiger partial charge is 0.175 e. The quantitative estimate of drug-likeness (QED) is 0.773. The maximum atomic E-state index is 12.1. The average molecular weight is 209 g/mol.